The van der Waals surface area contributed by atoms with Gasteiger partial charge in [-0.05, 0) is 24.6 Å². The zero-order chi connectivity index (χ0) is 13.9. The van der Waals surface area contributed by atoms with Gasteiger partial charge in [-0.25, -0.2) is 0 Å². The van der Waals surface area contributed by atoms with Gasteiger partial charge in [0.25, 0.3) is 0 Å². The minimum Gasteiger partial charge on any atom is -0.507 e. The van der Waals surface area contributed by atoms with Crippen LogP contribution in [0.5, 0.6) is 17.2 Å². The lowest BCUT2D eigenvalue weighted by Crippen LogP contribution is -2.18. The summed E-state index contributed by atoms with van der Waals surface area (Å²) in [6.07, 6.45) is 3.58. The molecule has 0 aliphatic carbocycles. The highest BCUT2D eigenvalue weighted by Crippen LogP contribution is 2.37. The van der Waals surface area contributed by atoms with E-state index in [0.29, 0.717) is 18.0 Å². The molecule has 104 valence electrons. The highest BCUT2D eigenvalue weighted by molar-refractivity contribution is 5.51. The number of aromatic nitrogens is 1. The van der Waals surface area contributed by atoms with Gasteiger partial charge in [-0.3, -0.25) is 4.98 Å². The number of nitrogens with one attached hydrogen (secondary N) is 1. The van der Waals surface area contributed by atoms with E-state index < -0.39 is 0 Å². The predicted octanol–water partition coefficient (Wildman–Crippen LogP) is 2.37. The van der Waals surface area contributed by atoms with Crippen LogP contribution in [0.2, 0.25) is 0 Å². The Morgan fingerprint density at radius 1 is 1.35 bits per heavy atom. The zero-order valence-corrected chi connectivity index (χ0v) is 11.2. The fourth-order valence-corrected chi connectivity index (χ4v) is 2.13. The maximum absolute atomic E-state index is 9.97. The van der Waals surface area contributed by atoms with Crippen molar-refractivity contribution in [3.05, 3.63) is 47.8 Å². The molecule has 0 radical (unpaired) electrons. The Morgan fingerprint density at radius 2 is 2.15 bits per heavy atom. The summed E-state index contributed by atoms with van der Waals surface area (Å²) < 4.78 is 10.5. The molecular formula is C15H16N2O3. The molecule has 0 saturated heterocycles. The van der Waals surface area contributed by atoms with Crippen molar-refractivity contribution < 1.29 is 14.6 Å². The van der Waals surface area contributed by atoms with Crippen LogP contribution >= 0.6 is 0 Å². The summed E-state index contributed by atoms with van der Waals surface area (Å²) in [5.41, 5.74) is 1.89. The van der Waals surface area contributed by atoms with Crippen LogP contribution in [0.1, 0.15) is 24.1 Å². The SMILES string of the molecule is C[C@@H](NCc1cc2c(cc1O)OCO2)c1cccnc1. The Labute approximate surface area is 117 Å². The van der Waals surface area contributed by atoms with Gasteiger partial charge in [0.05, 0.1) is 0 Å². The van der Waals surface area contributed by atoms with Gasteiger partial charge >= 0.3 is 0 Å². The van der Waals surface area contributed by atoms with Gasteiger partial charge in [-0.2, -0.15) is 0 Å². The molecule has 0 fully saturated rings. The number of hydrogen-bond donors (Lipinski definition) is 2. The van der Waals surface area contributed by atoms with Crippen LogP contribution in [-0.2, 0) is 6.54 Å². The van der Waals surface area contributed by atoms with E-state index in [0.717, 1.165) is 11.1 Å². The Morgan fingerprint density at radius 3 is 2.90 bits per heavy atom. The van der Waals surface area contributed by atoms with Gasteiger partial charge in [0, 0.05) is 36.6 Å². The van der Waals surface area contributed by atoms with E-state index in [4.69, 9.17) is 9.47 Å². The molecule has 1 atom stereocenters. The van der Waals surface area contributed by atoms with Crippen molar-refractivity contribution in [1.29, 1.82) is 0 Å². The molecule has 5 heteroatoms. The minimum absolute atomic E-state index is 0.147. The van der Waals surface area contributed by atoms with E-state index in [1.165, 1.54) is 0 Å². The monoisotopic (exact) mass is 272 g/mol. The molecule has 3 rings (SSSR count). The average Bonchev–Trinajstić information content (AvgIpc) is 2.92. The first-order valence-corrected chi connectivity index (χ1v) is 6.49. The standard InChI is InChI=1S/C15H16N2O3/c1-10(11-3-2-4-16-7-11)17-8-12-5-14-15(6-13(12)18)20-9-19-14/h2-7,10,17-18H,8-9H2,1H3/t10-/m1/s1. The van der Waals surface area contributed by atoms with Crippen molar-refractivity contribution in [2.24, 2.45) is 0 Å². The number of phenolic OH excluding ortho intramolecular Hbond substituents is 1. The van der Waals surface area contributed by atoms with Crippen molar-refractivity contribution in [3.8, 4) is 17.2 Å². The third kappa shape index (κ3) is 2.53. The van der Waals surface area contributed by atoms with Gasteiger partial charge in [0.1, 0.15) is 5.75 Å². The number of fused-ring (bicyclic) bond motifs is 1. The molecule has 1 aromatic heterocycles. The van der Waals surface area contributed by atoms with E-state index in [-0.39, 0.29) is 18.6 Å². The van der Waals surface area contributed by atoms with E-state index in [1.54, 1.807) is 18.3 Å². The first kappa shape index (κ1) is 12.7. The molecule has 0 spiro atoms. The average molecular weight is 272 g/mol. The number of aromatic hydroxyl groups is 1. The summed E-state index contributed by atoms with van der Waals surface area (Å²) >= 11 is 0. The van der Waals surface area contributed by atoms with Crippen molar-refractivity contribution in [3.63, 3.8) is 0 Å². The highest BCUT2D eigenvalue weighted by atomic mass is 16.7. The van der Waals surface area contributed by atoms with Crippen LogP contribution in [0.15, 0.2) is 36.7 Å². The Bertz CT molecular complexity index is 602. The first-order valence-electron chi connectivity index (χ1n) is 6.49. The zero-order valence-electron chi connectivity index (χ0n) is 11.2. The maximum atomic E-state index is 9.97. The fraction of sp³-hybridized carbons (Fsp3) is 0.267. The summed E-state index contributed by atoms with van der Waals surface area (Å²) in [6.45, 7) is 2.80. The number of benzene rings is 1. The summed E-state index contributed by atoms with van der Waals surface area (Å²) in [7, 11) is 0. The van der Waals surface area contributed by atoms with E-state index >= 15 is 0 Å². The molecule has 1 aliphatic rings. The normalized spacial score (nSPS) is 14.2. The first-order chi connectivity index (χ1) is 9.74. The molecule has 1 aromatic carbocycles. The minimum atomic E-state index is 0.147. The van der Waals surface area contributed by atoms with E-state index in [2.05, 4.69) is 17.2 Å². The summed E-state index contributed by atoms with van der Waals surface area (Å²) in [4.78, 5) is 4.10. The number of ether oxygens (including phenoxy) is 2. The second kappa shape index (κ2) is 5.38. The van der Waals surface area contributed by atoms with Crippen molar-refractivity contribution in [2.45, 2.75) is 19.5 Å². The van der Waals surface area contributed by atoms with Gasteiger partial charge < -0.3 is 19.9 Å². The Balaban J connectivity index is 1.70. The second-order valence-electron chi connectivity index (χ2n) is 4.72. The highest BCUT2D eigenvalue weighted by Gasteiger charge is 2.17. The fourth-order valence-electron chi connectivity index (χ4n) is 2.13. The topological polar surface area (TPSA) is 63.6 Å². The van der Waals surface area contributed by atoms with E-state index in [9.17, 15) is 5.11 Å². The number of hydrogen-bond acceptors (Lipinski definition) is 5. The van der Waals surface area contributed by atoms with Crippen LogP contribution in [0.4, 0.5) is 0 Å². The number of phenols is 1. The molecule has 5 nitrogen and oxygen atoms in total. The molecule has 2 heterocycles. The Hall–Kier alpha value is -2.27. The van der Waals surface area contributed by atoms with Crippen molar-refractivity contribution in [2.75, 3.05) is 6.79 Å². The lowest BCUT2D eigenvalue weighted by atomic mass is 10.1. The lowest BCUT2D eigenvalue weighted by Gasteiger charge is -2.14. The predicted molar refractivity (Wildman–Crippen MR) is 73.7 cm³/mol. The van der Waals surface area contributed by atoms with Crippen LogP contribution in [0.25, 0.3) is 0 Å². The van der Waals surface area contributed by atoms with Crippen LogP contribution < -0.4 is 14.8 Å². The number of pyridine rings is 1. The number of nitrogens with zero attached hydrogens (tertiary/aromatic N) is 1. The smallest absolute Gasteiger partial charge is 0.231 e. The largest absolute Gasteiger partial charge is 0.507 e. The van der Waals surface area contributed by atoms with Gasteiger partial charge in [-0.15, -0.1) is 0 Å². The third-order valence-corrected chi connectivity index (χ3v) is 3.36. The Kier molecular flexibility index (Phi) is 3.43. The molecule has 0 bridgehead atoms. The molecule has 2 N–H and O–H groups in total. The molecular weight excluding hydrogens is 256 g/mol. The van der Waals surface area contributed by atoms with Crippen LogP contribution in [-0.4, -0.2) is 16.9 Å². The van der Waals surface area contributed by atoms with E-state index in [1.807, 2.05) is 18.3 Å². The van der Waals surface area contributed by atoms with Gasteiger partial charge in [0.2, 0.25) is 6.79 Å². The quantitative estimate of drug-likeness (QED) is 0.894. The van der Waals surface area contributed by atoms with Gasteiger partial charge in [-0.1, -0.05) is 6.07 Å². The molecule has 0 unspecified atom stereocenters. The molecule has 0 saturated carbocycles. The van der Waals surface area contributed by atoms with Gasteiger partial charge in [0.15, 0.2) is 11.5 Å². The number of rotatable bonds is 4. The lowest BCUT2D eigenvalue weighted by molar-refractivity contribution is 0.174. The molecule has 0 amide bonds. The van der Waals surface area contributed by atoms with Crippen LogP contribution in [0.3, 0.4) is 0 Å². The third-order valence-electron chi connectivity index (χ3n) is 3.36. The van der Waals surface area contributed by atoms with Crippen molar-refractivity contribution >= 4 is 0 Å². The molecule has 1 aliphatic heterocycles. The van der Waals surface area contributed by atoms with Crippen molar-refractivity contribution in [1.82, 2.24) is 10.3 Å². The summed E-state index contributed by atoms with van der Waals surface area (Å²) in [5, 5.41) is 13.3. The molecule has 20 heavy (non-hydrogen) atoms. The summed E-state index contributed by atoms with van der Waals surface area (Å²) in [5.74, 6) is 1.47. The maximum Gasteiger partial charge on any atom is 0.231 e. The molecule has 2 aromatic rings. The second-order valence-corrected chi connectivity index (χ2v) is 4.72. The van der Waals surface area contributed by atoms with Crippen LogP contribution in [0, 0.1) is 0 Å². The summed E-state index contributed by atoms with van der Waals surface area (Å²) in [6, 6.07) is 7.47.